The number of nitrogens with two attached hydrogens (primary N) is 1. The molecule has 4 rings (SSSR count). The van der Waals surface area contributed by atoms with Crippen LogP contribution in [0.4, 0.5) is 0 Å². The van der Waals surface area contributed by atoms with Crippen LogP contribution in [0.3, 0.4) is 0 Å². The third kappa shape index (κ3) is 2.14. The van der Waals surface area contributed by atoms with Gasteiger partial charge in [-0.15, -0.1) is 0 Å². The van der Waals surface area contributed by atoms with Crippen LogP contribution in [0, 0.1) is 11.3 Å². The van der Waals surface area contributed by atoms with Gasteiger partial charge in [-0.3, -0.25) is 4.79 Å². The van der Waals surface area contributed by atoms with Gasteiger partial charge in [0.2, 0.25) is 5.88 Å². The number of ether oxygens (including phenoxy) is 1. The van der Waals surface area contributed by atoms with E-state index in [1.165, 1.54) is 6.07 Å². The lowest BCUT2D eigenvalue weighted by molar-refractivity contribution is 0.394. The number of rotatable bonds is 1. The molecule has 0 aliphatic carbocycles. The van der Waals surface area contributed by atoms with E-state index in [-0.39, 0.29) is 28.3 Å². The highest BCUT2D eigenvalue weighted by atomic mass is 16.5. The number of allylic oxidation sites excluding steroid dienone is 1. The van der Waals surface area contributed by atoms with Crippen molar-refractivity contribution in [2.24, 2.45) is 5.73 Å². The zero-order chi connectivity index (χ0) is 17.6. The Morgan fingerprint density at radius 2 is 1.88 bits per heavy atom. The average molecular weight is 331 g/mol. The fraction of sp³-hybridized carbons (Fsp3) is 0.0526. The van der Waals surface area contributed by atoms with E-state index in [1.807, 2.05) is 12.1 Å². The number of H-pyrrole nitrogens is 1. The minimum atomic E-state index is -0.802. The number of fused-ring (bicyclic) bond motifs is 3. The molecule has 1 aliphatic heterocycles. The number of aromatic amines is 1. The number of benzene rings is 2. The van der Waals surface area contributed by atoms with Crippen molar-refractivity contribution >= 4 is 10.9 Å². The minimum absolute atomic E-state index is 0.0199. The van der Waals surface area contributed by atoms with Crippen molar-refractivity contribution in [3.05, 3.63) is 81.5 Å². The molecule has 0 spiro atoms. The summed E-state index contributed by atoms with van der Waals surface area (Å²) < 4.78 is 5.65. The number of phenolic OH excluding ortho intramolecular Hbond substituents is 1. The lowest BCUT2D eigenvalue weighted by Crippen LogP contribution is -2.27. The van der Waals surface area contributed by atoms with Gasteiger partial charge < -0.3 is 20.6 Å². The molecule has 6 nitrogen and oxygen atoms in total. The molecule has 1 aromatic heterocycles. The van der Waals surface area contributed by atoms with Gasteiger partial charge in [-0.2, -0.15) is 5.26 Å². The summed E-state index contributed by atoms with van der Waals surface area (Å²) in [5, 5.41) is 20.5. The quantitative estimate of drug-likeness (QED) is 0.634. The lowest BCUT2D eigenvalue weighted by Gasteiger charge is -2.26. The molecule has 0 fully saturated rings. The van der Waals surface area contributed by atoms with Crippen LogP contribution in [-0.2, 0) is 0 Å². The van der Waals surface area contributed by atoms with Crippen molar-refractivity contribution in [3.63, 3.8) is 0 Å². The molecule has 0 saturated carbocycles. The molecule has 6 heteroatoms. The van der Waals surface area contributed by atoms with E-state index in [4.69, 9.17) is 10.5 Å². The molecular formula is C19H13N3O3. The monoisotopic (exact) mass is 331 g/mol. The molecule has 1 aliphatic rings. The lowest BCUT2D eigenvalue weighted by atomic mass is 9.83. The number of pyridine rings is 1. The van der Waals surface area contributed by atoms with E-state index >= 15 is 0 Å². The summed E-state index contributed by atoms with van der Waals surface area (Å²) in [4.78, 5) is 15.6. The summed E-state index contributed by atoms with van der Waals surface area (Å²) in [6.45, 7) is 0. The molecule has 0 saturated heterocycles. The summed E-state index contributed by atoms with van der Waals surface area (Å²) in [6.07, 6.45) is 0. The van der Waals surface area contributed by atoms with Gasteiger partial charge in [0, 0.05) is 10.9 Å². The van der Waals surface area contributed by atoms with Gasteiger partial charge in [0.25, 0.3) is 5.56 Å². The largest absolute Gasteiger partial charge is 0.508 e. The van der Waals surface area contributed by atoms with Gasteiger partial charge in [0.15, 0.2) is 0 Å². The van der Waals surface area contributed by atoms with E-state index in [1.54, 1.807) is 36.4 Å². The predicted octanol–water partition coefficient (Wildman–Crippen LogP) is 2.45. The summed E-state index contributed by atoms with van der Waals surface area (Å²) in [7, 11) is 0. The highest BCUT2D eigenvalue weighted by Gasteiger charge is 2.35. The zero-order valence-electron chi connectivity index (χ0n) is 13.0. The highest BCUT2D eigenvalue weighted by Crippen LogP contribution is 2.44. The fourth-order valence-corrected chi connectivity index (χ4v) is 3.21. The highest BCUT2D eigenvalue weighted by molar-refractivity contribution is 5.87. The Bertz CT molecular complexity index is 1140. The number of hydrogen-bond acceptors (Lipinski definition) is 5. The van der Waals surface area contributed by atoms with Crippen LogP contribution in [0.25, 0.3) is 10.9 Å². The van der Waals surface area contributed by atoms with Gasteiger partial charge in [-0.25, -0.2) is 0 Å². The molecule has 4 N–H and O–H groups in total. The summed E-state index contributed by atoms with van der Waals surface area (Å²) in [6, 6.07) is 15.8. The second-order valence-electron chi connectivity index (χ2n) is 5.73. The van der Waals surface area contributed by atoms with Gasteiger partial charge in [0.05, 0.1) is 17.0 Å². The van der Waals surface area contributed by atoms with Crippen LogP contribution < -0.4 is 16.0 Å². The number of aromatic nitrogens is 1. The molecule has 0 amide bonds. The van der Waals surface area contributed by atoms with Gasteiger partial charge in [-0.1, -0.05) is 30.3 Å². The van der Waals surface area contributed by atoms with Gasteiger partial charge in [0.1, 0.15) is 23.1 Å². The van der Waals surface area contributed by atoms with Gasteiger partial charge in [-0.05, 0) is 18.2 Å². The molecule has 0 bridgehead atoms. The summed E-state index contributed by atoms with van der Waals surface area (Å²) >= 11 is 0. The first kappa shape index (κ1) is 14.8. The Kier molecular flexibility index (Phi) is 3.22. The first-order valence-electron chi connectivity index (χ1n) is 7.62. The summed E-state index contributed by atoms with van der Waals surface area (Å²) in [5.74, 6) is -0.583. The van der Waals surface area contributed by atoms with Crippen LogP contribution in [0.5, 0.6) is 11.5 Å². The number of hydrogen-bond donors (Lipinski definition) is 3. The topological polar surface area (TPSA) is 112 Å². The van der Waals surface area contributed by atoms with E-state index in [9.17, 15) is 15.2 Å². The van der Waals surface area contributed by atoms with Crippen LogP contribution in [-0.4, -0.2) is 10.1 Å². The normalized spacial score (nSPS) is 16.2. The number of aromatic hydroxyl groups is 1. The Morgan fingerprint density at radius 3 is 2.64 bits per heavy atom. The Balaban J connectivity index is 2.12. The first-order valence-corrected chi connectivity index (χ1v) is 7.62. The predicted molar refractivity (Wildman–Crippen MR) is 92.0 cm³/mol. The van der Waals surface area contributed by atoms with Crippen LogP contribution in [0.2, 0.25) is 0 Å². The van der Waals surface area contributed by atoms with E-state index in [0.29, 0.717) is 22.2 Å². The number of para-hydroxylation sites is 2. The third-order valence-corrected chi connectivity index (χ3v) is 4.33. The molecule has 25 heavy (non-hydrogen) atoms. The van der Waals surface area contributed by atoms with Crippen LogP contribution in [0.1, 0.15) is 17.0 Å². The molecule has 2 aromatic carbocycles. The number of nitrogens with one attached hydrogen (secondary N) is 1. The SMILES string of the molecule is N#CC1=C(N)Oc2c(c(=O)[nH]c3ccccc23)[C@@H]1c1ccccc1O. The molecular weight excluding hydrogens is 318 g/mol. The maximum atomic E-state index is 12.8. The minimum Gasteiger partial charge on any atom is -0.508 e. The molecule has 0 radical (unpaired) electrons. The van der Waals surface area contributed by atoms with Crippen molar-refractivity contribution in [3.8, 4) is 17.6 Å². The van der Waals surface area contributed by atoms with Gasteiger partial charge >= 0.3 is 0 Å². The fourth-order valence-electron chi connectivity index (χ4n) is 3.21. The van der Waals surface area contributed by atoms with Crippen molar-refractivity contribution in [1.29, 1.82) is 5.26 Å². The van der Waals surface area contributed by atoms with Crippen molar-refractivity contribution in [2.75, 3.05) is 0 Å². The molecule has 2 heterocycles. The first-order chi connectivity index (χ1) is 12.1. The van der Waals surface area contributed by atoms with Crippen molar-refractivity contribution in [2.45, 2.75) is 5.92 Å². The molecule has 3 aromatic rings. The Labute approximate surface area is 142 Å². The standard InChI is InChI=1S/C19H13N3O3/c20-9-12-15(11-6-2-4-8-14(11)23)16-17(25-18(12)21)10-5-1-3-7-13(10)22-19(16)24/h1-8,15,23H,21H2,(H,22,24)/t15-/m1/s1. The maximum absolute atomic E-state index is 12.8. The van der Waals surface area contributed by atoms with Crippen LogP contribution >= 0.6 is 0 Å². The average Bonchev–Trinajstić information content (AvgIpc) is 2.61. The van der Waals surface area contributed by atoms with Crippen molar-refractivity contribution < 1.29 is 9.84 Å². The van der Waals surface area contributed by atoms with Crippen molar-refractivity contribution in [1.82, 2.24) is 4.98 Å². The third-order valence-electron chi connectivity index (χ3n) is 4.33. The van der Waals surface area contributed by atoms with E-state index in [2.05, 4.69) is 4.98 Å². The summed E-state index contributed by atoms with van der Waals surface area (Å²) in [5.41, 5.74) is 6.96. The van der Waals surface area contributed by atoms with E-state index in [0.717, 1.165) is 0 Å². The Hall–Kier alpha value is -3.72. The Morgan fingerprint density at radius 1 is 1.16 bits per heavy atom. The maximum Gasteiger partial charge on any atom is 0.256 e. The molecule has 1 atom stereocenters. The zero-order valence-corrected chi connectivity index (χ0v) is 13.0. The number of nitriles is 1. The van der Waals surface area contributed by atoms with E-state index < -0.39 is 5.92 Å². The van der Waals surface area contributed by atoms with Crippen LogP contribution in [0.15, 0.2) is 64.8 Å². The molecule has 122 valence electrons. The smallest absolute Gasteiger partial charge is 0.256 e. The second kappa shape index (κ2) is 5.42. The number of nitrogens with zero attached hydrogens (tertiary/aromatic N) is 1. The second-order valence-corrected chi connectivity index (χ2v) is 5.73. The molecule has 0 unspecified atom stereocenters. The number of phenols is 1.